The van der Waals surface area contributed by atoms with Crippen LogP contribution in [-0.4, -0.2) is 15.5 Å². The summed E-state index contributed by atoms with van der Waals surface area (Å²) in [4.78, 5) is 1.01. The molecule has 3 nitrogen and oxygen atoms in total. The number of hydrogen-bond acceptors (Lipinski definition) is 3. The second-order valence-corrected chi connectivity index (χ2v) is 4.45. The van der Waals surface area contributed by atoms with E-state index < -0.39 is 0 Å². The Kier molecular flexibility index (Phi) is 3.28. The number of hydrogen-bond donors (Lipinski definition) is 0. The van der Waals surface area contributed by atoms with Crippen molar-refractivity contribution in [3.8, 4) is 11.8 Å². The monoisotopic (exact) mass is 229 g/mol. The quantitative estimate of drug-likeness (QED) is 0.760. The number of benzene rings is 1. The summed E-state index contributed by atoms with van der Waals surface area (Å²) < 4.78 is 1.72. The second kappa shape index (κ2) is 4.86. The predicted octanol–water partition coefficient (Wildman–Crippen LogP) is 2.86. The van der Waals surface area contributed by atoms with Crippen LogP contribution in [0.3, 0.4) is 0 Å². The van der Waals surface area contributed by atoms with Gasteiger partial charge in [0, 0.05) is 17.3 Å². The molecule has 2 aromatic rings. The Morgan fingerprint density at radius 3 is 2.94 bits per heavy atom. The Balaban J connectivity index is 2.54. The molecule has 0 radical (unpaired) electrons. The smallest absolute Gasteiger partial charge is 0.103 e. The van der Waals surface area contributed by atoms with Gasteiger partial charge in [-0.05, 0) is 24.0 Å². The van der Waals surface area contributed by atoms with Crippen LogP contribution in [-0.2, 0) is 0 Å². The number of rotatable bonds is 3. The Morgan fingerprint density at radius 2 is 2.31 bits per heavy atom. The largest absolute Gasteiger partial charge is 0.240 e. The summed E-state index contributed by atoms with van der Waals surface area (Å²) in [7, 11) is 0. The molecule has 4 heteroatoms. The van der Waals surface area contributed by atoms with Crippen LogP contribution in [0.2, 0.25) is 0 Å². The topological polar surface area (TPSA) is 41.6 Å². The Hall–Kier alpha value is -1.73. The van der Waals surface area contributed by atoms with Gasteiger partial charge in [0.15, 0.2) is 0 Å². The highest BCUT2D eigenvalue weighted by Gasteiger charge is 2.09. The van der Waals surface area contributed by atoms with E-state index in [1.165, 1.54) is 0 Å². The molecule has 0 aliphatic rings. The zero-order valence-electron chi connectivity index (χ0n) is 8.92. The van der Waals surface area contributed by atoms with E-state index in [1.807, 2.05) is 30.5 Å². The zero-order chi connectivity index (χ0) is 11.4. The molecule has 0 atom stereocenters. The van der Waals surface area contributed by atoms with Gasteiger partial charge in [-0.1, -0.05) is 13.0 Å². The van der Waals surface area contributed by atoms with Gasteiger partial charge in [0.25, 0.3) is 0 Å². The maximum atomic E-state index is 9.22. The molecule has 0 aliphatic carbocycles. The highest BCUT2D eigenvalue weighted by molar-refractivity contribution is 7.99. The highest BCUT2D eigenvalue weighted by atomic mass is 32.2. The summed E-state index contributed by atoms with van der Waals surface area (Å²) in [6, 6.07) is 9.94. The maximum Gasteiger partial charge on any atom is 0.103 e. The van der Waals surface area contributed by atoms with Crippen LogP contribution in [0.15, 0.2) is 41.6 Å². The Morgan fingerprint density at radius 1 is 1.44 bits per heavy atom. The average Bonchev–Trinajstić information content (AvgIpc) is 2.82. The van der Waals surface area contributed by atoms with E-state index in [9.17, 15) is 5.26 Å². The minimum atomic E-state index is 0.693. The van der Waals surface area contributed by atoms with E-state index >= 15 is 0 Å². The van der Waals surface area contributed by atoms with Gasteiger partial charge in [-0.15, -0.1) is 11.8 Å². The van der Waals surface area contributed by atoms with Gasteiger partial charge in [0.05, 0.1) is 11.3 Å². The van der Waals surface area contributed by atoms with E-state index in [1.54, 1.807) is 22.6 Å². The summed E-state index contributed by atoms with van der Waals surface area (Å²) in [5, 5.41) is 13.4. The van der Waals surface area contributed by atoms with Crippen LogP contribution < -0.4 is 0 Å². The molecule has 0 spiro atoms. The SMILES string of the molecule is CCSc1cccc(-n2cccn2)c1C#N. The van der Waals surface area contributed by atoms with Crippen LogP contribution in [0.1, 0.15) is 12.5 Å². The third kappa shape index (κ3) is 1.95. The molecule has 0 fully saturated rings. The van der Waals surface area contributed by atoms with Crippen molar-refractivity contribution < 1.29 is 0 Å². The van der Waals surface area contributed by atoms with Gasteiger partial charge < -0.3 is 0 Å². The predicted molar refractivity (Wildman–Crippen MR) is 64.7 cm³/mol. The molecule has 80 valence electrons. The molecule has 2 rings (SSSR count). The van der Waals surface area contributed by atoms with Crippen molar-refractivity contribution in [2.75, 3.05) is 5.75 Å². The fourth-order valence-electron chi connectivity index (χ4n) is 1.51. The van der Waals surface area contributed by atoms with Gasteiger partial charge in [0.1, 0.15) is 6.07 Å². The lowest BCUT2D eigenvalue weighted by Gasteiger charge is -2.07. The van der Waals surface area contributed by atoms with Crippen molar-refractivity contribution in [2.24, 2.45) is 0 Å². The first-order valence-electron chi connectivity index (χ1n) is 5.02. The fraction of sp³-hybridized carbons (Fsp3) is 0.167. The van der Waals surface area contributed by atoms with Crippen LogP contribution >= 0.6 is 11.8 Å². The van der Waals surface area contributed by atoms with E-state index in [0.717, 1.165) is 16.3 Å². The fourth-order valence-corrected chi connectivity index (χ4v) is 2.29. The minimum absolute atomic E-state index is 0.693. The van der Waals surface area contributed by atoms with Crippen molar-refractivity contribution in [3.63, 3.8) is 0 Å². The molecule has 1 heterocycles. The molecule has 0 aliphatic heterocycles. The molecule has 1 aromatic carbocycles. The van der Waals surface area contributed by atoms with Crippen molar-refractivity contribution in [3.05, 3.63) is 42.2 Å². The van der Waals surface area contributed by atoms with Gasteiger partial charge in [-0.3, -0.25) is 0 Å². The Bertz CT molecular complexity index is 512. The first-order chi connectivity index (χ1) is 7.86. The lowest BCUT2D eigenvalue weighted by Crippen LogP contribution is -1.99. The molecular formula is C12H11N3S. The first kappa shape index (κ1) is 10.8. The van der Waals surface area contributed by atoms with Crippen molar-refractivity contribution >= 4 is 11.8 Å². The van der Waals surface area contributed by atoms with Crippen LogP contribution in [0.25, 0.3) is 5.69 Å². The number of aromatic nitrogens is 2. The molecule has 1 aromatic heterocycles. The van der Waals surface area contributed by atoms with Crippen LogP contribution in [0.4, 0.5) is 0 Å². The minimum Gasteiger partial charge on any atom is -0.240 e. The summed E-state index contributed by atoms with van der Waals surface area (Å²) in [5.74, 6) is 0.956. The van der Waals surface area contributed by atoms with Crippen LogP contribution in [0.5, 0.6) is 0 Å². The van der Waals surface area contributed by atoms with E-state index in [4.69, 9.17) is 0 Å². The molecule has 0 amide bonds. The van der Waals surface area contributed by atoms with Crippen molar-refractivity contribution in [2.45, 2.75) is 11.8 Å². The lowest BCUT2D eigenvalue weighted by molar-refractivity contribution is 0.873. The number of thioether (sulfide) groups is 1. The van der Waals surface area contributed by atoms with Gasteiger partial charge >= 0.3 is 0 Å². The highest BCUT2D eigenvalue weighted by Crippen LogP contribution is 2.26. The summed E-state index contributed by atoms with van der Waals surface area (Å²) in [6.45, 7) is 2.08. The zero-order valence-corrected chi connectivity index (χ0v) is 9.74. The van der Waals surface area contributed by atoms with Crippen LogP contribution in [0, 0.1) is 11.3 Å². The molecule has 0 bridgehead atoms. The summed E-state index contributed by atoms with van der Waals surface area (Å²) in [5.41, 5.74) is 1.53. The molecule has 0 saturated heterocycles. The normalized spacial score (nSPS) is 10.0. The number of nitriles is 1. The standard InChI is InChI=1S/C12H11N3S/c1-2-16-12-6-3-5-11(10(12)9-13)15-8-4-7-14-15/h3-8H,2H2,1H3. The molecular weight excluding hydrogens is 218 g/mol. The summed E-state index contributed by atoms with van der Waals surface area (Å²) >= 11 is 1.67. The van der Waals surface area contributed by atoms with E-state index in [2.05, 4.69) is 18.1 Å². The third-order valence-electron chi connectivity index (χ3n) is 2.17. The molecule has 0 unspecified atom stereocenters. The van der Waals surface area contributed by atoms with Gasteiger partial charge in [-0.2, -0.15) is 10.4 Å². The Labute approximate surface area is 98.7 Å². The molecule has 16 heavy (non-hydrogen) atoms. The average molecular weight is 229 g/mol. The van der Waals surface area contributed by atoms with E-state index in [-0.39, 0.29) is 0 Å². The molecule has 0 N–H and O–H groups in total. The van der Waals surface area contributed by atoms with Crippen molar-refractivity contribution in [1.82, 2.24) is 9.78 Å². The van der Waals surface area contributed by atoms with E-state index in [0.29, 0.717) is 5.56 Å². The number of nitrogens with zero attached hydrogens (tertiary/aromatic N) is 3. The van der Waals surface area contributed by atoms with Gasteiger partial charge in [-0.25, -0.2) is 4.68 Å². The maximum absolute atomic E-state index is 9.22. The van der Waals surface area contributed by atoms with Crippen molar-refractivity contribution in [1.29, 1.82) is 5.26 Å². The second-order valence-electron chi connectivity index (χ2n) is 3.15. The first-order valence-corrected chi connectivity index (χ1v) is 6.01. The van der Waals surface area contributed by atoms with Gasteiger partial charge in [0.2, 0.25) is 0 Å². The molecule has 0 saturated carbocycles. The third-order valence-corrected chi connectivity index (χ3v) is 3.11. The summed E-state index contributed by atoms with van der Waals surface area (Å²) in [6.07, 6.45) is 3.55. The lowest BCUT2D eigenvalue weighted by atomic mass is 10.2.